The number of rotatable bonds is 0. The van der Waals surface area contributed by atoms with Gasteiger partial charge in [0, 0.05) is 12.1 Å². The van der Waals surface area contributed by atoms with Gasteiger partial charge in [0.05, 0.1) is 0 Å². The predicted octanol–water partition coefficient (Wildman–Crippen LogP) is 1.78. The molecule has 0 spiro atoms. The van der Waals surface area contributed by atoms with Crippen LogP contribution in [0, 0.1) is 11.3 Å². The van der Waals surface area contributed by atoms with E-state index in [1.807, 2.05) is 0 Å². The van der Waals surface area contributed by atoms with Crippen LogP contribution in [-0.2, 0) is 0 Å². The van der Waals surface area contributed by atoms with E-state index in [0.29, 0.717) is 5.41 Å². The molecule has 0 unspecified atom stereocenters. The Labute approximate surface area is 63.2 Å². The van der Waals surface area contributed by atoms with Gasteiger partial charge in [-0.1, -0.05) is 20.8 Å². The molecular formula is C9H17N. The fraction of sp³-hybridized carbons (Fsp3) is 1.00. The van der Waals surface area contributed by atoms with Crippen LogP contribution in [-0.4, -0.2) is 12.1 Å². The van der Waals surface area contributed by atoms with Crippen molar-refractivity contribution in [2.75, 3.05) is 0 Å². The standard InChI is InChI=1S/C9H17N/c1-9(2,3)8-5-6-4-7(6)10-8/h6-8,10H,4-5H2,1-3H3/t6-,7-,8+/m0/s1. The van der Waals surface area contributed by atoms with E-state index in [1.165, 1.54) is 12.8 Å². The Kier molecular flexibility index (Phi) is 1.17. The first-order valence-corrected chi connectivity index (χ1v) is 4.33. The zero-order valence-corrected chi connectivity index (χ0v) is 7.15. The molecule has 1 N–H and O–H groups in total. The van der Waals surface area contributed by atoms with Crippen molar-refractivity contribution in [3.05, 3.63) is 0 Å². The first-order chi connectivity index (χ1) is 4.57. The van der Waals surface area contributed by atoms with Crippen molar-refractivity contribution in [3.63, 3.8) is 0 Å². The molecular weight excluding hydrogens is 122 g/mol. The minimum Gasteiger partial charge on any atom is -0.310 e. The molecule has 1 heterocycles. The van der Waals surface area contributed by atoms with E-state index >= 15 is 0 Å². The van der Waals surface area contributed by atoms with Gasteiger partial charge in [-0.3, -0.25) is 0 Å². The van der Waals surface area contributed by atoms with E-state index in [2.05, 4.69) is 26.1 Å². The van der Waals surface area contributed by atoms with Gasteiger partial charge in [-0.2, -0.15) is 0 Å². The fourth-order valence-corrected chi connectivity index (χ4v) is 1.94. The van der Waals surface area contributed by atoms with Crippen LogP contribution in [0.1, 0.15) is 33.6 Å². The number of piperidine rings is 1. The average molecular weight is 139 g/mol. The highest BCUT2D eigenvalue weighted by Gasteiger charge is 2.48. The zero-order chi connectivity index (χ0) is 7.35. The maximum atomic E-state index is 3.67. The normalized spacial score (nSPS) is 45.3. The molecule has 0 aromatic heterocycles. The molecule has 58 valence electrons. The molecule has 1 nitrogen and oxygen atoms in total. The summed E-state index contributed by atoms with van der Waals surface area (Å²) in [7, 11) is 0. The van der Waals surface area contributed by atoms with Crippen LogP contribution in [0.2, 0.25) is 0 Å². The molecule has 1 aliphatic heterocycles. The van der Waals surface area contributed by atoms with Crippen LogP contribution in [0.3, 0.4) is 0 Å². The SMILES string of the molecule is CC(C)(C)[C@H]1C[C@@H]2C[C@@H]2N1. The Hall–Kier alpha value is -0.0400. The van der Waals surface area contributed by atoms with Gasteiger partial charge in [0.2, 0.25) is 0 Å². The van der Waals surface area contributed by atoms with Crippen LogP contribution in [0.25, 0.3) is 0 Å². The summed E-state index contributed by atoms with van der Waals surface area (Å²) < 4.78 is 0. The second-order valence-electron chi connectivity index (χ2n) is 4.92. The zero-order valence-electron chi connectivity index (χ0n) is 7.15. The van der Waals surface area contributed by atoms with Gasteiger partial charge in [-0.25, -0.2) is 0 Å². The Morgan fingerprint density at radius 2 is 1.90 bits per heavy atom. The first kappa shape index (κ1) is 6.66. The van der Waals surface area contributed by atoms with Crippen molar-refractivity contribution >= 4 is 0 Å². The molecule has 0 aromatic carbocycles. The van der Waals surface area contributed by atoms with E-state index in [4.69, 9.17) is 0 Å². The first-order valence-electron chi connectivity index (χ1n) is 4.33. The Balaban J connectivity index is 1.97. The highest BCUT2D eigenvalue weighted by Crippen LogP contribution is 2.44. The van der Waals surface area contributed by atoms with Crippen molar-refractivity contribution in [1.82, 2.24) is 5.32 Å². The summed E-state index contributed by atoms with van der Waals surface area (Å²) >= 11 is 0. The maximum absolute atomic E-state index is 3.67. The van der Waals surface area contributed by atoms with Gasteiger partial charge in [0.25, 0.3) is 0 Å². The molecule has 2 fully saturated rings. The molecule has 0 bridgehead atoms. The molecule has 0 radical (unpaired) electrons. The Morgan fingerprint density at radius 3 is 2.20 bits per heavy atom. The quantitative estimate of drug-likeness (QED) is 0.539. The minimum absolute atomic E-state index is 0.480. The lowest BCUT2D eigenvalue weighted by atomic mass is 9.85. The third-order valence-corrected chi connectivity index (χ3v) is 2.92. The summed E-state index contributed by atoms with van der Waals surface area (Å²) in [5.74, 6) is 1.05. The van der Waals surface area contributed by atoms with Crippen molar-refractivity contribution in [2.45, 2.75) is 45.7 Å². The summed E-state index contributed by atoms with van der Waals surface area (Å²) in [6.45, 7) is 6.99. The molecule has 0 amide bonds. The van der Waals surface area contributed by atoms with E-state index < -0.39 is 0 Å². The third kappa shape index (κ3) is 0.968. The highest BCUT2D eigenvalue weighted by molar-refractivity contribution is 5.06. The van der Waals surface area contributed by atoms with Crippen LogP contribution >= 0.6 is 0 Å². The molecule has 1 saturated carbocycles. The van der Waals surface area contributed by atoms with Crippen molar-refractivity contribution < 1.29 is 0 Å². The van der Waals surface area contributed by atoms with Crippen molar-refractivity contribution in [3.8, 4) is 0 Å². The smallest absolute Gasteiger partial charge is 0.0121 e. The monoisotopic (exact) mass is 139 g/mol. The highest BCUT2D eigenvalue weighted by atomic mass is 15.1. The lowest BCUT2D eigenvalue weighted by molar-refractivity contribution is 0.276. The average Bonchev–Trinajstić information content (AvgIpc) is 2.38. The van der Waals surface area contributed by atoms with Crippen molar-refractivity contribution in [2.24, 2.45) is 11.3 Å². The fourth-order valence-electron chi connectivity index (χ4n) is 1.94. The largest absolute Gasteiger partial charge is 0.310 e. The van der Waals surface area contributed by atoms with Gasteiger partial charge in [0.15, 0.2) is 0 Å². The van der Waals surface area contributed by atoms with Crippen LogP contribution < -0.4 is 5.32 Å². The topological polar surface area (TPSA) is 12.0 Å². The molecule has 1 saturated heterocycles. The van der Waals surface area contributed by atoms with Crippen LogP contribution in [0.4, 0.5) is 0 Å². The molecule has 1 heteroatoms. The lowest BCUT2D eigenvalue weighted by Gasteiger charge is -2.28. The molecule has 0 aromatic rings. The van der Waals surface area contributed by atoms with E-state index in [-0.39, 0.29) is 0 Å². The van der Waals surface area contributed by atoms with Crippen LogP contribution in [0.5, 0.6) is 0 Å². The maximum Gasteiger partial charge on any atom is 0.0121 e. The lowest BCUT2D eigenvalue weighted by Crippen LogP contribution is -2.37. The number of hydrogen-bond donors (Lipinski definition) is 1. The number of fused-ring (bicyclic) bond motifs is 1. The number of nitrogens with one attached hydrogen (secondary N) is 1. The van der Waals surface area contributed by atoms with E-state index in [0.717, 1.165) is 18.0 Å². The van der Waals surface area contributed by atoms with Gasteiger partial charge < -0.3 is 5.32 Å². The van der Waals surface area contributed by atoms with E-state index in [1.54, 1.807) is 0 Å². The number of hydrogen-bond acceptors (Lipinski definition) is 1. The molecule has 3 atom stereocenters. The molecule has 1 aliphatic carbocycles. The molecule has 10 heavy (non-hydrogen) atoms. The van der Waals surface area contributed by atoms with Gasteiger partial charge in [-0.05, 0) is 24.2 Å². The third-order valence-electron chi connectivity index (χ3n) is 2.92. The van der Waals surface area contributed by atoms with Crippen molar-refractivity contribution in [1.29, 1.82) is 0 Å². The summed E-state index contributed by atoms with van der Waals surface area (Å²) in [5, 5.41) is 3.67. The predicted molar refractivity (Wildman–Crippen MR) is 42.9 cm³/mol. The molecule has 2 rings (SSSR count). The summed E-state index contributed by atoms with van der Waals surface area (Å²) in [4.78, 5) is 0. The van der Waals surface area contributed by atoms with Gasteiger partial charge in [0.1, 0.15) is 0 Å². The summed E-state index contributed by atoms with van der Waals surface area (Å²) in [6.07, 6.45) is 2.88. The summed E-state index contributed by atoms with van der Waals surface area (Å²) in [5.41, 5.74) is 0.480. The minimum atomic E-state index is 0.480. The van der Waals surface area contributed by atoms with E-state index in [9.17, 15) is 0 Å². The second-order valence-corrected chi connectivity index (χ2v) is 4.92. The Morgan fingerprint density at radius 1 is 1.20 bits per heavy atom. The van der Waals surface area contributed by atoms with Gasteiger partial charge in [-0.15, -0.1) is 0 Å². The molecule has 2 aliphatic rings. The Bertz CT molecular complexity index is 135. The summed E-state index contributed by atoms with van der Waals surface area (Å²) in [6, 6.07) is 1.69. The second kappa shape index (κ2) is 1.76. The van der Waals surface area contributed by atoms with Crippen LogP contribution in [0.15, 0.2) is 0 Å². The van der Waals surface area contributed by atoms with Gasteiger partial charge >= 0.3 is 0 Å².